The average Bonchev–Trinajstić information content (AvgIpc) is 2.66. The Balaban J connectivity index is 0.00000182. The lowest BCUT2D eigenvalue weighted by Crippen LogP contribution is -2.55. The summed E-state index contributed by atoms with van der Waals surface area (Å²) >= 11 is 0. The molecule has 4 heterocycles. The van der Waals surface area contributed by atoms with Crippen LogP contribution >= 0.6 is 17.0 Å². The monoisotopic (exact) mass is 406 g/mol. The molecule has 0 radical (unpaired) electrons. The van der Waals surface area contributed by atoms with Crippen LogP contribution in [0.15, 0.2) is 30.5 Å². The normalized spacial score (nSPS) is 29.2. The van der Waals surface area contributed by atoms with E-state index in [1.165, 1.54) is 12.8 Å². The Hall–Kier alpha value is -1.17. The first-order valence-electron chi connectivity index (χ1n) is 9.06. The largest absolute Gasteiger partial charge is 0.497 e. The summed E-state index contributed by atoms with van der Waals surface area (Å²) in [7, 11) is 1.67. The molecule has 5 rings (SSSR count). The fourth-order valence-electron chi connectivity index (χ4n) is 4.71. The Morgan fingerprint density at radius 3 is 2.88 bits per heavy atom. The molecule has 5 heteroatoms. The maximum Gasteiger partial charge on any atom is 0.119 e. The van der Waals surface area contributed by atoms with Gasteiger partial charge >= 0.3 is 0 Å². The molecule has 1 N–H and O–H groups in total. The molecule has 2 bridgehead atoms. The Kier molecular flexibility index (Phi) is 5.66. The second kappa shape index (κ2) is 7.60. The number of hydrogen-bond acceptors (Lipinski definition) is 4. The van der Waals surface area contributed by atoms with E-state index in [1.807, 2.05) is 24.3 Å². The number of aliphatic hydroxyl groups is 1. The van der Waals surface area contributed by atoms with Crippen LogP contribution in [0.4, 0.5) is 0 Å². The first-order chi connectivity index (χ1) is 11.7. The van der Waals surface area contributed by atoms with Crippen LogP contribution in [0.2, 0.25) is 0 Å². The van der Waals surface area contributed by atoms with E-state index in [2.05, 4.69) is 16.8 Å². The van der Waals surface area contributed by atoms with Crippen molar-refractivity contribution in [3.63, 3.8) is 0 Å². The van der Waals surface area contributed by atoms with E-state index in [0.717, 1.165) is 53.6 Å². The van der Waals surface area contributed by atoms with Gasteiger partial charge in [0.15, 0.2) is 0 Å². The highest BCUT2D eigenvalue weighted by Gasteiger charge is 2.42. The number of piperidine rings is 3. The molecule has 1 aromatic carbocycles. The lowest BCUT2D eigenvalue weighted by molar-refractivity contribution is -0.0562. The SMILES string of the molecule is Br.CC[C@H]1CN2CC[C@H]1C[C@H]2[C@H](O)c1ccnc2ccc(OC)cc12. The van der Waals surface area contributed by atoms with Crippen molar-refractivity contribution >= 4 is 27.9 Å². The third-order valence-corrected chi connectivity index (χ3v) is 6.13. The quantitative estimate of drug-likeness (QED) is 0.833. The van der Waals surface area contributed by atoms with E-state index in [-0.39, 0.29) is 23.0 Å². The summed E-state index contributed by atoms with van der Waals surface area (Å²) in [5.74, 6) is 2.37. The van der Waals surface area contributed by atoms with Crippen LogP contribution in [0.3, 0.4) is 0 Å². The topological polar surface area (TPSA) is 45.6 Å². The van der Waals surface area contributed by atoms with Gasteiger partial charge in [-0.05, 0) is 61.1 Å². The van der Waals surface area contributed by atoms with Gasteiger partial charge in [-0.2, -0.15) is 0 Å². The summed E-state index contributed by atoms with van der Waals surface area (Å²) < 4.78 is 5.36. The lowest BCUT2D eigenvalue weighted by Gasteiger charge is -2.51. The number of aliphatic hydroxyl groups excluding tert-OH is 1. The van der Waals surface area contributed by atoms with Crippen LogP contribution in [0.5, 0.6) is 5.75 Å². The molecule has 25 heavy (non-hydrogen) atoms. The van der Waals surface area contributed by atoms with E-state index in [4.69, 9.17) is 4.74 Å². The van der Waals surface area contributed by atoms with Crippen molar-refractivity contribution in [2.45, 2.75) is 38.3 Å². The zero-order chi connectivity index (χ0) is 16.7. The van der Waals surface area contributed by atoms with E-state index in [9.17, 15) is 5.11 Å². The van der Waals surface area contributed by atoms with Gasteiger partial charge in [0.2, 0.25) is 0 Å². The minimum Gasteiger partial charge on any atom is -0.497 e. The molecule has 3 fully saturated rings. The smallest absolute Gasteiger partial charge is 0.119 e. The summed E-state index contributed by atoms with van der Waals surface area (Å²) in [6, 6.07) is 8.07. The van der Waals surface area contributed by atoms with Crippen molar-refractivity contribution in [1.29, 1.82) is 0 Å². The minimum atomic E-state index is -0.469. The summed E-state index contributed by atoms with van der Waals surface area (Å²) in [4.78, 5) is 6.94. The van der Waals surface area contributed by atoms with Gasteiger partial charge < -0.3 is 9.84 Å². The molecule has 3 aliphatic rings. The molecule has 0 amide bonds. The Bertz CT molecular complexity index is 739. The van der Waals surface area contributed by atoms with Crippen molar-refractivity contribution < 1.29 is 9.84 Å². The molecule has 3 saturated heterocycles. The lowest BCUT2D eigenvalue weighted by atomic mass is 9.72. The minimum absolute atomic E-state index is 0. The van der Waals surface area contributed by atoms with Crippen LogP contribution in [-0.2, 0) is 0 Å². The fourth-order valence-corrected chi connectivity index (χ4v) is 4.71. The van der Waals surface area contributed by atoms with Crippen LogP contribution < -0.4 is 4.74 Å². The molecule has 0 aliphatic carbocycles. The van der Waals surface area contributed by atoms with Crippen molar-refractivity contribution in [1.82, 2.24) is 9.88 Å². The molecule has 0 spiro atoms. The fraction of sp³-hybridized carbons (Fsp3) is 0.550. The van der Waals surface area contributed by atoms with Crippen molar-refractivity contribution in [3.8, 4) is 5.75 Å². The predicted molar refractivity (Wildman–Crippen MR) is 105 cm³/mol. The first kappa shape index (κ1) is 18.6. The molecular formula is C20H27BrN2O2. The van der Waals surface area contributed by atoms with Gasteiger partial charge in [0.05, 0.1) is 18.7 Å². The number of benzene rings is 1. The number of nitrogens with zero attached hydrogens (tertiary/aromatic N) is 2. The molecule has 5 atom stereocenters. The third kappa shape index (κ3) is 3.29. The number of pyridine rings is 1. The summed E-state index contributed by atoms with van der Waals surface area (Å²) in [6.07, 6.45) is 4.97. The highest BCUT2D eigenvalue weighted by molar-refractivity contribution is 8.93. The Labute approximate surface area is 160 Å². The van der Waals surface area contributed by atoms with Crippen LogP contribution in [0, 0.1) is 11.8 Å². The molecule has 1 aromatic heterocycles. The van der Waals surface area contributed by atoms with Crippen molar-refractivity contribution in [2.24, 2.45) is 11.8 Å². The highest BCUT2D eigenvalue weighted by atomic mass is 79.9. The van der Waals surface area contributed by atoms with Crippen LogP contribution in [0.25, 0.3) is 10.9 Å². The molecule has 4 nitrogen and oxygen atoms in total. The van der Waals surface area contributed by atoms with Crippen LogP contribution in [0.1, 0.15) is 37.9 Å². The number of hydrogen-bond donors (Lipinski definition) is 1. The van der Waals surface area contributed by atoms with Gasteiger partial charge in [0.1, 0.15) is 5.75 Å². The van der Waals surface area contributed by atoms with Gasteiger partial charge in [-0.3, -0.25) is 9.88 Å². The highest BCUT2D eigenvalue weighted by Crippen LogP contribution is 2.42. The van der Waals surface area contributed by atoms with Crippen molar-refractivity contribution in [2.75, 3.05) is 20.2 Å². The van der Waals surface area contributed by atoms with Gasteiger partial charge in [-0.15, -0.1) is 17.0 Å². The third-order valence-electron chi connectivity index (χ3n) is 6.13. The maximum absolute atomic E-state index is 11.2. The summed E-state index contributed by atoms with van der Waals surface area (Å²) in [6.45, 7) is 4.55. The summed E-state index contributed by atoms with van der Waals surface area (Å²) in [5, 5.41) is 12.2. The zero-order valence-electron chi connectivity index (χ0n) is 14.9. The van der Waals surface area contributed by atoms with Gasteiger partial charge in [0, 0.05) is 24.2 Å². The van der Waals surface area contributed by atoms with Crippen LogP contribution in [-0.4, -0.2) is 41.2 Å². The van der Waals surface area contributed by atoms with E-state index >= 15 is 0 Å². The molecule has 0 saturated carbocycles. The number of rotatable bonds is 4. The molecular weight excluding hydrogens is 380 g/mol. The zero-order valence-corrected chi connectivity index (χ0v) is 16.6. The number of ether oxygens (including phenoxy) is 1. The second-order valence-electron chi connectivity index (χ2n) is 7.24. The standard InChI is InChI=1S/C20H26N2O2.BrH/c1-3-13-12-22-9-7-14(13)10-19(22)20(23)16-6-8-21-18-5-4-15(24-2)11-17(16)18;/h4-6,8,11,13-14,19-20,23H,3,7,9-10,12H2,1-2H3;1H/t13-,14-,19-,20+;/m0./s1. The maximum atomic E-state index is 11.2. The number of fused-ring (bicyclic) bond motifs is 4. The molecule has 2 aromatic rings. The van der Waals surface area contributed by atoms with E-state index < -0.39 is 6.10 Å². The molecule has 1 unspecified atom stereocenters. The number of halogens is 1. The molecule has 136 valence electrons. The first-order valence-corrected chi connectivity index (χ1v) is 9.06. The van der Waals surface area contributed by atoms with E-state index in [1.54, 1.807) is 13.3 Å². The molecule has 3 aliphatic heterocycles. The number of methoxy groups -OCH3 is 1. The van der Waals surface area contributed by atoms with E-state index in [0.29, 0.717) is 0 Å². The second-order valence-corrected chi connectivity index (χ2v) is 7.24. The Morgan fingerprint density at radius 1 is 1.36 bits per heavy atom. The average molecular weight is 407 g/mol. The Morgan fingerprint density at radius 2 is 2.20 bits per heavy atom. The van der Waals surface area contributed by atoms with Crippen molar-refractivity contribution in [3.05, 3.63) is 36.0 Å². The van der Waals surface area contributed by atoms with Gasteiger partial charge in [-0.1, -0.05) is 13.3 Å². The summed E-state index contributed by atoms with van der Waals surface area (Å²) in [5.41, 5.74) is 1.89. The number of aromatic nitrogens is 1. The predicted octanol–water partition coefficient (Wildman–Crippen LogP) is 3.98. The van der Waals surface area contributed by atoms with Gasteiger partial charge in [0.25, 0.3) is 0 Å². The van der Waals surface area contributed by atoms with Gasteiger partial charge in [-0.25, -0.2) is 0 Å².